The fraction of sp³-hybridized carbons (Fsp3) is 0.333. The number of rotatable bonds is 8. The zero-order valence-corrected chi connectivity index (χ0v) is 14.6. The van der Waals surface area contributed by atoms with Crippen LogP contribution in [0, 0.1) is 0 Å². The Bertz CT molecular complexity index is 644. The van der Waals surface area contributed by atoms with Gasteiger partial charge in [0.05, 0.1) is 4.88 Å². The molecule has 2 aromatic rings. The maximum Gasteiger partial charge on any atom is 0.261 e. The molecule has 1 aromatic heterocycles. The predicted octanol–water partition coefficient (Wildman–Crippen LogP) is 1.90. The molecule has 6 heteroatoms. The van der Waals surface area contributed by atoms with Gasteiger partial charge in [0.1, 0.15) is 6.04 Å². The molecule has 0 bridgehead atoms. The van der Waals surface area contributed by atoms with E-state index in [0.717, 1.165) is 6.42 Å². The van der Waals surface area contributed by atoms with Gasteiger partial charge < -0.3 is 16.0 Å². The Hall–Kier alpha value is -2.18. The first-order valence-corrected chi connectivity index (χ1v) is 8.87. The summed E-state index contributed by atoms with van der Waals surface area (Å²) < 4.78 is 0. The van der Waals surface area contributed by atoms with Gasteiger partial charge in [0.2, 0.25) is 5.91 Å². The molecule has 0 spiro atoms. The lowest BCUT2D eigenvalue weighted by Crippen LogP contribution is -2.48. The highest BCUT2D eigenvalue weighted by Gasteiger charge is 2.22. The number of amides is 2. The van der Waals surface area contributed by atoms with Gasteiger partial charge in [-0.15, -0.1) is 11.3 Å². The van der Waals surface area contributed by atoms with Gasteiger partial charge in [-0.2, -0.15) is 0 Å². The summed E-state index contributed by atoms with van der Waals surface area (Å²) in [5.41, 5.74) is 6.80. The number of hydrogen-bond donors (Lipinski definition) is 2. The maximum atomic E-state index is 12.6. The van der Waals surface area contributed by atoms with Crippen molar-refractivity contribution in [2.45, 2.75) is 19.4 Å². The molecule has 1 unspecified atom stereocenters. The molecule has 2 amide bonds. The van der Waals surface area contributed by atoms with Gasteiger partial charge >= 0.3 is 0 Å². The molecule has 0 aliphatic rings. The van der Waals surface area contributed by atoms with Crippen LogP contribution in [-0.4, -0.2) is 42.4 Å². The summed E-state index contributed by atoms with van der Waals surface area (Å²) in [7, 11) is 0. The first kappa shape index (κ1) is 18.2. The topological polar surface area (TPSA) is 75.4 Å². The van der Waals surface area contributed by atoms with Crippen LogP contribution in [0.3, 0.4) is 0 Å². The summed E-state index contributed by atoms with van der Waals surface area (Å²) in [5, 5.41) is 4.59. The number of hydrogen-bond acceptors (Lipinski definition) is 4. The molecular formula is C18H23N3O2S. The van der Waals surface area contributed by atoms with Crippen molar-refractivity contribution in [1.29, 1.82) is 0 Å². The van der Waals surface area contributed by atoms with Gasteiger partial charge in [-0.3, -0.25) is 9.59 Å². The molecule has 1 atom stereocenters. The molecule has 5 nitrogen and oxygen atoms in total. The van der Waals surface area contributed by atoms with E-state index in [1.165, 1.54) is 16.9 Å². The standard InChI is InChI=1S/C18H23N3O2S/c1-14(20-17(22)16-8-5-13-24-16)18(23)21(12-10-19)11-9-15-6-3-2-4-7-15/h2-8,13-14H,9-12,19H2,1H3,(H,20,22). The Balaban J connectivity index is 1.93. The van der Waals surface area contributed by atoms with E-state index in [1.807, 2.05) is 41.8 Å². The molecular weight excluding hydrogens is 322 g/mol. The zero-order valence-electron chi connectivity index (χ0n) is 13.8. The van der Waals surface area contributed by atoms with Crippen molar-refractivity contribution < 1.29 is 9.59 Å². The van der Waals surface area contributed by atoms with Gasteiger partial charge in [0.15, 0.2) is 0 Å². The number of benzene rings is 1. The van der Waals surface area contributed by atoms with E-state index < -0.39 is 6.04 Å². The minimum absolute atomic E-state index is 0.110. The largest absolute Gasteiger partial charge is 0.340 e. The Labute approximate surface area is 146 Å². The summed E-state index contributed by atoms with van der Waals surface area (Å²) in [6.45, 7) is 3.16. The highest BCUT2D eigenvalue weighted by atomic mass is 32.1. The predicted molar refractivity (Wildman–Crippen MR) is 97.0 cm³/mol. The van der Waals surface area contributed by atoms with Crippen LogP contribution < -0.4 is 11.1 Å². The van der Waals surface area contributed by atoms with Crippen molar-refractivity contribution in [3.63, 3.8) is 0 Å². The summed E-state index contributed by atoms with van der Waals surface area (Å²) in [6, 6.07) is 13.0. The summed E-state index contributed by atoms with van der Waals surface area (Å²) >= 11 is 1.35. The molecule has 1 heterocycles. The number of carbonyl (C=O) groups is 2. The van der Waals surface area contributed by atoms with E-state index in [1.54, 1.807) is 17.9 Å². The van der Waals surface area contributed by atoms with Gasteiger partial charge in [0.25, 0.3) is 5.91 Å². The SMILES string of the molecule is CC(NC(=O)c1cccs1)C(=O)N(CCN)CCc1ccccc1. The molecule has 1 aromatic carbocycles. The third-order valence-corrected chi connectivity index (χ3v) is 4.56. The average molecular weight is 345 g/mol. The van der Waals surface area contributed by atoms with Gasteiger partial charge in [-0.1, -0.05) is 36.4 Å². The number of nitrogens with one attached hydrogen (secondary N) is 1. The Morgan fingerprint density at radius 3 is 2.54 bits per heavy atom. The van der Waals surface area contributed by atoms with Crippen LogP contribution in [0.4, 0.5) is 0 Å². The van der Waals surface area contributed by atoms with Crippen molar-refractivity contribution >= 4 is 23.2 Å². The summed E-state index contributed by atoms with van der Waals surface area (Å²) in [4.78, 5) is 27.0. The van der Waals surface area contributed by atoms with Crippen molar-refractivity contribution in [2.24, 2.45) is 5.73 Å². The van der Waals surface area contributed by atoms with Crippen molar-refractivity contribution in [1.82, 2.24) is 10.2 Å². The van der Waals surface area contributed by atoms with E-state index in [4.69, 9.17) is 5.73 Å². The Morgan fingerprint density at radius 2 is 1.92 bits per heavy atom. The Kier molecular flexibility index (Phi) is 6.96. The van der Waals surface area contributed by atoms with Crippen LogP contribution in [0.15, 0.2) is 47.8 Å². The fourth-order valence-electron chi connectivity index (χ4n) is 2.41. The second-order valence-corrected chi connectivity index (χ2v) is 6.47. The summed E-state index contributed by atoms with van der Waals surface area (Å²) in [5.74, 6) is -0.331. The Morgan fingerprint density at radius 1 is 1.17 bits per heavy atom. The number of thiophene rings is 1. The van der Waals surface area contributed by atoms with Crippen LogP contribution in [0.2, 0.25) is 0 Å². The highest BCUT2D eigenvalue weighted by Crippen LogP contribution is 2.09. The average Bonchev–Trinajstić information content (AvgIpc) is 3.13. The molecule has 2 rings (SSSR count). The number of nitrogens with zero attached hydrogens (tertiary/aromatic N) is 1. The molecule has 0 aliphatic heterocycles. The van der Waals surface area contributed by atoms with Crippen molar-refractivity contribution in [3.8, 4) is 0 Å². The van der Waals surface area contributed by atoms with Gasteiger partial charge in [-0.25, -0.2) is 0 Å². The lowest BCUT2D eigenvalue weighted by molar-refractivity contribution is -0.132. The minimum Gasteiger partial charge on any atom is -0.340 e. The smallest absolute Gasteiger partial charge is 0.261 e. The van der Waals surface area contributed by atoms with E-state index in [9.17, 15) is 9.59 Å². The molecule has 128 valence electrons. The van der Waals surface area contributed by atoms with Crippen LogP contribution >= 0.6 is 11.3 Å². The number of carbonyl (C=O) groups excluding carboxylic acids is 2. The van der Waals surface area contributed by atoms with Crippen molar-refractivity contribution in [2.75, 3.05) is 19.6 Å². The van der Waals surface area contributed by atoms with Crippen LogP contribution in [-0.2, 0) is 11.2 Å². The monoisotopic (exact) mass is 345 g/mol. The molecule has 0 saturated carbocycles. The molecule has 0 aliphatic carbocycles. The molecule has 0 fully saturated rings. The van der Waals surface area contributed by atoms with Crippen LogP contribution in [0.25, 0.3) is 0 Å². The van der Waals surface area contributed by atoms with Crippen LogP contribution in [0.5, 0.6) is 0 Å². The van der Waals surface area contributed by atoms with Crippen molar-refractivity contribution in [3.05, 3.63) is 58.3 Å². The third kappa shape index (κ3) is 5.18. The lowest BCUT2D eigenvalue weighted by atomic mass is 10.1. The van der Waals surface area contributed by atoms with E-state index in [-0.39, 0.29) is 11.8 Å². The van der Waals surface area contributed by atoms with E-state index >= 15 is 0 Å². The second kappa shape index (κ2) is 9.20. The number of nitrogens with two attached hydrogens (primary N) is 1. The fourth-order valence-corrected chi connectivity index (χ4v) is 3.03. The second-order valence-electron chi connectivity index (χ2n) is 5.52. The molecule has 0 saturated heterocycles. The molecule has 24 heavy (non-hydrogen) atoms. The normalized spacial score (nSPS) is 11.8. The first-order valence-electron chi connectivity index (χ1n) is 7.99. The first-order chi connectivity index (χ1) is 11.6. The lowest BCUT2D eigenvalue weighted by Gasteiger charge is -2.25. The van der Waals surface area contributed by atoms with Crippen LogP contribution in [0.1, 0.15) is 22.2 Å². The quantitative estimate of drug-likeness (QED) is 0.767. The molecule has 0 radical (unpaired) electrons. The zero-order chi connectivity index (χ0) is 17.4. The minimum atomic E-state index is -0.582. The van der Waals surface area contributed by atoms with Gasteiger partial charge in [-0.05, 0) is 30.4 Å². The van der Waals surface area contributed by atoms with E-state index in [0.29, 0.717) is 24.5 Å². The maximum absolute atomic E-state index is 12.6. The highest BCUT2D eigenvalue weighted by molar-refractivity contribution is 7.12. The van der Waals surface area contributed by atoms with E-state index in [2.05, 4.69) is 5.32 Å². The third-order valence-electron chi connectivity index (χ3n) is 3.69. The van der Waals surface area contributed by atoms with Gasteiger partial charge in [0, 0.05) is 19.6 Å². The molecule has 3 N–H and O–H groups in total. The summed E-state index contributed by atoms with van der Waals surface area (Å²) in [6.07, 6.45) is 0.762.